The topological polar surface area (TPSA) is 74.2 Å². The van der Waals surface area contributed by atoms with E-state index in [2.05, 4.69) is 17.3 Å². The van der Waals surface area contributed by atoms with E-state index < -0.39 is 0 Å². The van der Waals surface area contributed by atoms with Crippen LogP contribution in [0.2, 0.25) is 0 Å². The van der Waals surface area contributed by atoms with E-state index in [0.717, 1.165) is 43.7 Å². The molecule has 24 heavy (non-hydrogen) atoms. The molecule has 1 aromatic carbocycles. The molecule has 0 radical (unpaired) electrons. The molecule has 2 fully saturated rings. The summed E-state index contributed by atoms with van der Waals surface area (Å²) >= 11 is 0. The molecule has 2 aliphatic carbocycles. The zero-order chi connectivity index (χ0) is 15.9. The van der Waals surface area contributed by atoms with Crippen molar-refractivity contribution >= 4 is 12.4 Å². The molecule has 0 spiro atoms. The van der Waals surface area contributed by atoms with Crippen LogP contribution in [0.15, 0.2) is 28.8 Å². The summed E-state index contributed by atoms with van der Waals surface area (Å²) in [5.74, 6) is 2.27. The summed E-state index contributed by atoms with van der Waals surface area (Å²) in [6, 6.07) is 8.25. The van der Waals surface area contributed by atoms with E-state index in [1.807, 2.05) is 12.1 Å². The maximum Gasteiger partial charge on any atom is 0.237 e. The van der Waals surface area contributed by atoms with Gasteiger partial charge in [0, 0.05) is 0 Å². The summed E-state index contributed by atoms with van der Waals surface area (Å²) in [5.41, 5.74) is 7.04. The fraction of sp³-hybridized carbons (Fsp3) is 0.556. The third kappa shape index (κ3) is 2.60. The molecule has 0 aliphatic heterocycles. The lowest BCUT2D eigenvalue weighted by Crippen LogP contribution is -2.44. The summed E-state index contributed by atoms with van der Waals surface area (Å²) in [4.78, 5) is 4.74. The van der Waals surface area contributed by atoms with Gasteiger partial charge in [0.15, 0.2) is 5.82 Å². The largest absolute Gasteiger partial charge is 0.497 e. The zero-order valence-corrected chi connectivity index (χ0v) is 14.8. The van der Waals surface area contributed by atoms with Crippen LogP contribution in [0.5, 0.6) is 5.75 Å². The van der Waals surface area contributed by atoms with Crippen LogP contribution in [0.25, 0.3) is 0 Å². The molecule has 2 aromatic rings. The first-order chi connectivity index (χ1) is 11.2. The predicted molar refractivity (Wildman–Crippen MR) is 93.5 cm³/mol. The van der Waals surface area contributed by atoms with E-state index in [1.165, 1.54) is 18.4 Å². The maximum absolute atomic E-state index is 6.35. The van der Waals surface area contributed by atoms with Crippen molar-refractivity contribution < 1.29 is 9.26 Å². The Bertz CT molecular complexity index is 689. The van der Waals surface area contributed by atoms with Crippen molar-refractivity contribution in [3.05, 3.63) is 41.5 Å². The summed E-state index contributed by atoms with van der Waals surface area (Å²) in [7, 11) is 1.68. The van der Waals surface area contributed by atoms with Crippen LogP contribution in [-0.4, -0.2) is 17.3 Å². The first-order valence-corrected chi connectivity index (χ1v) is 8.44. The Kier molecular flexibility index (Phi) is 4.58. The normalized spacial score (nSPS) is 20.9. The molecule has 130 valence electrons. The minimum Gasteiger partial charge on any atom is -0.497 e. The highest BCUT2D eigenvalue weighted by molar-refractivity contribution is 5.85. The molecule has 0 unspecified atom stereocenters. The molecule has 1 aromatic heterocycles. The van der Waals surface area contributed by atoms with Crippen molar-refractivity contribution in [1.82, 2.24) is 10.1 Å². The first kappa shape index (κ1) is 17.2. The van der Waals surface area contributed by atoms with Gasteiger partial charge in [0.2, 0.25) is 5.89 Å². The fourth-order valence-electron chi connectivity index (χ4n) is 3.92. The van der Waals surface area contributed by atoms with Gasteiger partial charge in [-0.3, -0.25) is 0 Å². The molecule has 2 saturated carbocycles. The van der Waals surface area contributed by atoms with Crippen LogP contribution in [0, 0.1) is 0 Å². The SMILES string of the molecule is COc1ccc(C2(c3nc(C4(N)CCC4)no3)CCCC2)cc1.Cl. The number of benzene rings is 1. The number of aromatic nitrogens is 2. The second-order valence-corrected chi connectivity index (χ2v) is 6.95. The number of nitrogens with two attached hydrogens (primary N) is 1. The first-order valence-electron chi connectivity index (χ1n) is 8.44. The number of halogens is 1. The number of hydrogen-bond donors (Lipinski definition) is 1. The lowest BCUT2D eigenvalue weighted by atomic mass is 9.76. The molecule has 0 bridgehead atoms. The highest BCUT2D eigenvalue weighted by Gasteiger charge is 2.45. The second kappa shape index (κ2) is 6.37. The average Bonchev–Trinajstić information content (AvgIpc) is 3.22. The van der Waals surface area contributed by atoms with E-state index in [1.54, 1.807) is 7.11 Å². The summed E-state index contributed by atoms with van der Waals surface area (Å²) in [6.45, 7) is 0. The van der Waals surface area contributed by atoms with Crippen molar-refractivity contribution in [3.63, 3.8) is 0 Å². The Morgan fingerprint density at radius 2 is 1.71 bits per heavy atom. The number of ether oxygens (including phenoxy) is 1. The Morgan fingerprint density at radius 3 is 2.25 bits per heavy atom. The summed E-state index contributed by atoms with van der Waals surface area (Å²) in [5, 5.41) is 4.22. The van der Waals surface area contributed by atoms with Gasteiger partial charge in [0.05, 0.1) is 18.1 Å². The van der Waals surface area contributed by atoms with E-state index in [9.17, 15) is 0 Å². The van der Waals surface area contributed by atoms with Crippen LogP contribution in [0.3, 0.4) is 0 Å². The van der Waals surface area contributed by atoms with E-state index in [0.29, 0.717) is 5.82 Å². The molecule has 1 heterocycles. The number of hydrogen-bond acceptors (Lipinski definition) is 5. The Morgan fingerprint density at radius 1 is 1.04 bits per heavy atom. The third-order valence-corrected chi connectivity index (χ3v) is 5.63. The van der Waals surface area contributed by atoms with E-state index in [4.69, 9.17) is 20.0 Å². The van der Waals surface area contributed by atoms with Gasteiger partial charge in [0.1, 0.15) is 5.75 Å². The van der Waals surface area contributed by atoms with E-state index >= 15 is 0 Å². The van der Waals surface area contributed by atoms with Crippen LogP contribution in [0.4, 0.5) is 0 Å². The lowest BCUT2D eigenvalue weighted by Gasteiger charge is -2.34. The van der Waals surface area contributed by atoms with Crippen LogP contribution in [-0.2, 0) is 11.0 Å². The molecule has 6 heteroatoms. The highest BCUT2D eigenvalue weighted by Crippen LogP contribution is 2.47. The van der Waals surface area contributed by atoms with Crippen molar-refractivity contribution in [2.45, 2.75) is 55.9 Å². The van der Waals surface area contributed by atoms with Gasteiger partial charge in [-0.15, -0.1) is 12.4 Å². The molecule has 2 aliphatic rings. The van der Waals surface area contributed by atoms with Crippen molar-refractivity contribution in [2.24, 2.45) is 5.73 Å². The van der Waals surface area contributed by atoms with Gasteiger partial charge in [-0.2, -0.15) is 4.98 Å². The molecule has 4 rings (SSSR count). The van der Waals surface area contributed by atoms with E-state index in [-0.39, 0.29) is 23.4 Å². The minimum atomic E-state index is -0.374. The van der Waals surface area contributed by atoms with Crippen LogP contribution in [0.1, 0.15) is 62.2 Å². The maximum atomic E-state index is 6.35. The van der Waals surface area contributed by atoms with Gasteiger partial charge in [-0.05, 0) is 49.8 Å². The summed E-state index contributed by atoms with van der Waals surface area (Å²) in [6.07, 6.45) is 7.47. The van der Waals surface area contributed by atoms with Crippen molar-refractivity contribution in [1.29, 1.82) is 0 Å². The lowest BCUT2D eigenvalue weighted by molar-refractivity contribution is 0.227. The van der Waals surface area contributed by atoms with Gasteiger partial charge in [-0.1, -0.05) is 30.1 Å². The Hall–Kier alpha value is -1.59. The van der Waals surface area contributed by atoms with Gasteiger partial charge >= 0.3 is 0 Å². The number of rotatable bonds is 4. The molecular weight excluding hydrogens is 326 g/mol. The van der Waals surface area contributed by atoms with Crippen LogP contribution < -0.4 is 10.5 Å². The average molecular weight is 350 g/mol. The fourth-order valence-corrected chi connectivity index (χ4v) is 3.92. The van der Waals surface area contributed by atoms with Crippen LogP contribution >= 0.6 is 12.4 Å². The number of nitrogens with zero attached hydrogens (tertiary/aromatic N) is 2. The smallest absolute Gasteiger partial charge is 0.237 e. The van der Waals surface area contributed by atoms with Gasteiger partial charge in [0.25, 0.3) is 0 Å². The minimum absolute atomic E-state index is 0. The standard InChI is InChI=1S/C18H23N3O2.ClH/c1-22-14-7-5-13(6-8-14)17(9-2-3-10-17)16-20-15(21-23-16)18(19)11-4-12-18;/h5-8H,2-4,9-12,19H2,1H3;1H. The predicted octanol–water partition coefficient (Wildman–Crippen LogP) is 3.70. The Labute approximate surface area is 148 Å². The van der Waals surface area contributed by atoms with Crippen molar-refractivity contribution in [3.8, 4) is 5.75 Å². The molecule has 0 atom stereocenters. The third-order valence-electron chi connectivity index (χ3n) is 5.63. The molecule has 0 saturated heterocycles. The van der Waals surface area contributed by atoms with Gasteiger partial charge < -0.3 is 15.0 Å². The molecular formula is C18H24ClN3O2. The molecule has 5 nitrogen and oxygen atoms in total. The highest BCUT2D eigenvalue weighted by atomic mass is 35.5. The molecule has 2 N–H and O–H groups in total. The second-order valence-electron chi connectivity index (χ2n) is 6.95. The Balaban J connectivity index is 0.00000169. The monoisotopic (exact) mass is 349 g/mol. The van der Waals surface area contributed by atoms with Crippen molar-refractivity contribution in [2.75, 3.05) is 7.11 Å². The quantitative estimate of drug-likeness (QED) is 0.910. The zero-order valence-electron chi connectivity index (χ0n) is 14.0. The number of methoxy groups -OCH3 is 1. The van der Waals surface area contributed by atoms with Gasteiger partial charge in [-0.25, -0.2) is 0 Å². The summed E-state index contributed by atoms with van der Waals surface area (Å²) < 4.78 is 11.0. The molecule has 0 amide bonds.